The van der Waals surface area contributed by atoms with Crippen LogP contribution in [0.1, 0.15) is 5.56 Å². The van der Waals surface area contributed by atoms with Gasteiger partial charge in [-0.2, -0.15) is 0 Å². The molecule has 0 amide bonds. The van der Waals surface area contributed by atoms with Gasteiger partial charge >= 0.3 is 5.69 Å². The van der Waals surface area contributed by atoms with Crippen LogP contribution < -0.4 is 11.2 Å². The fourth-order valence-corrected chi connectivity index (χ4v) is 1.89. The van der Waals surface area contributed by atoms with Crippen LogP contribution in [0.3, 0.4) is 0 Å². The molecule has 2 heterocycles. The normalized spacial score (nSPS) is 10.9. The van der Waals surface area contributed by atoms with Crippen LogP contribution in [0.2, 0.25) is 0 Å². The maximum absolute atomic E-state index is 11.8. The summed E-state index contributed by atoms with van der Waals surface area (Å²) in [6.07, 6.45) is 1.29. The predicted molar refractivity (Wildman–Crippen MR) is 66.5 cm³/mol. The number of nitrogens with one attached hydrogen (secondary N) is 2. The second-order valence-corrected chi connectivity index (χ2v) is 3.93. The van der Waals surface area contributed by atoms with E-state index in [-0.39, 0.29) is 16.8 Å². The van der Waals surface area contributed by atoms with Crippen molar-refractivity contribution in [3.05, 3.63) is 63.1 Å². The molecule has 0 atom stereocenters. The monoisotopic (exact) mass is 242 g/mol. The molecule has 1 aromatic carbocycles. The molecule has 0 aliphatic heterocycles. The molecule has 0 radical (unpaired) electrons. The van der Waals surface area contributed by atoms with Crippen LogP contribution >= 0.6 is 0 Å². The summed E-state index contributed by atoms with van der Waals surface area (Å²) in [5, 5.41) is 0. The third-order valence-corrected chi connectivity index (χ3v) is 2.75. The molecule has 6 heteroatoms. The van der Waals surface area contributed by atoms with Crippen molar-refractivity contribution in [1.29, 1.82) is 0 Å². The number of imidazole rings is 1. The van der Waals surface area contributed by atoms with Crippen LogP contribution in [0, 0.1) is 0 Å². The molecule has 18 heavy (non-hydrogen) atoms. The zero-order valence-corrected chi connectivity index (χ0v) is 9.38. The molecule has 3 aromatic rings. The van der Waals surface area contributed by atoms with Gasteiger partial charge in [0.25, 0.3) is 5.56 Å². The highest BCUT2D eigenvalue weighted by Crippen LogP contribution is 2.05. The van der Waals surface area contributed by atoms with Gasteiger partial charge in [-0.1, -0.05) is 30.3 Å². The minimum absolute atomic E-state index is 0.207. The Bertz CT molecular complexity index is 798. The summed E-state index contributed by atoms with van der Waals surface area (Å²) in [5.41, 5.74) is 0.871. The Kier molecular flexibility index (Phi) is 2.33. The van der Waals surface area contributed by atoms with Gasteiger partial charge < -0.3 is 4.98 Å². The fraction of sp³-hybridized carbons (Fsp3) is 0.0833. The summed E-state index contributed by atoms with van der Waals surface area (Å²) >= 11 is 0. The summed E-state index contributed by atoms with van der Waals surface area (Å²) in [6, 6.07) is 9.53. The molecule has 90 valence electrons. The highest BCUT2D eigenvalue weighted by molar-refractivity contribution is 5.68. The average molecular weight is 242 g/mol. The minimum atomic E-state index is -0.344. The van der Waals surface area contributed by atoms with E-state index in [1.165, 1.54) is 10.9 Å². The molecule has 0 aliphatic carbocycles. The molecule has 2 aromatic heterocycles. The van der Waals surface area contributed by atoms with Crippen molar-refractivity contribution in [1.82, 2.24) is 19.5 Å². The summed E-state index contributed by atoms with van der Waals surface area (Å²) in [5.74, 6) is 0. The lowest BCUT2D eigenvalue weighted by atomic mass is 10.2. The molecule has 0 unspecified atom stereocenters. The van der Waals surface area contributed by atoms with Crippen molar-refractivity contribution in [3.63, 3.8) is 0 Å². The van der Waals surface area contributed by atoms with E-state index in [0.717, 1.165) is 5.56 Å². The SMILES string of the molecule is O=c1[nH]cnc2c1[nH]c(=O)n2Cc1ccccc1. The zero-order chi connectivity index (χ0) is 12.5. The van der Waals surface area contributed by atoms with Crippen molar-refractivity contribution in [2.24, 2.45) is 0 Å². The molecule has 0 spiro atoms. The van der Waals surface area contributed by atoms with E-state index < -0.39 is 0 Å². The largest absolute Gasteiger partial charge is 0.328 e. The van der Waals surface area contributed by atoms with Gasteiger partial charge in [0.15, 0.2) is 11.2 Å². The van der Waals surface area contributed by atoms with E-state index in [1.54, 1.807) is 0 Å². The van der Waals surface area contributed by atoms with E-state index in [2.05, 4.69) is 15.0 Å². The first kappa shape index (κ1) is 10.5. The molecule has 0 aliphatic rings. The number of H-pyrrole nitrogens is 2. The Balaban J connectivity index is 2.18. The van der Waals surface area contributed by atoms with Crippen molar-refractivity contribution in [3.8, 4) is 0 Å². The van der Waals surface area contributed by atoms with E-state index in [1.807, 2.05) is 30.3 Å². The Labute approximate surface area is 101 Å². The van der Waals surface area contributed by atoms with Crippen LogP contribution in [-0.4, -0.2) is 19.5 Å². The molecule has 0 fully saturated rings. The number of aromatic amines is 2. The Hall–Kier alpha value is -2.63. The van der Waals surface area contributed by atoms with Crippen LogP contribution in [0.15, 0.2) is 46.2 Å². The van der Waals surface area contributed by atoms with E-state index >= 15 is 0 Å². The van der Waals surface area contributed by atoms with Gasteiger partial charge in [0.05, 0.1) is 12.9 Å². The van der Waals surface area contributed by atoms with E-state index in [0.29, 0.717) is 12.2 Å². The van der Waals surface area contributed by atoms with Crippen molar-refractivity contribution in [2.75, 3.05) is 0 Å². The Morgan fingerprint density at radius 1 is 1.17 bits per heavy atom. The number of hydrogen-bond donors (Lipinski definition) is 2. The van der Waals surface area contributed by atoms with E-state index in [4.69, 9.17) is 0 Å². The lowest BCUT2D eigenvalue weighted by Gasteiger charge is -2.01. The smallest absolute Gasteiger partial charge is 0.311 e. The Morgan fingerprint density at radius 3 is 2.72 bits per heavy atom. The summed E-state index contributed by atoms with van der Waals surface area (Å²) in [7, 11) is 0. The summed E-state index contributed by atoms with van der Waals surface area (Å²) < 4.78 is 1.44. The molecule has 0 saturated heterocycles. The Morgan fingerprint density at radius 2 is 1.94 bits per heavy atom. The molecular formula is C12H10N4O2. The third-order valence-electron chi connectivity index (χ3n) is 2.75. The van der Waals surface area contributed by atoms with Gasteiger partial charge in [-0.25, -0.2) is 9.78 Å². The van der Waals surface area contributed by atoms with Crippen molar-refractivity contribution >= 4 is 11.2 Å². The summed E-state index contributed by atoms with van der Waals surface area (Å²) in [6.45, 7) is 0.385. The first-order chi connectivity index (χ1) is 8.75. The maximum Gasteiger partial charge on any atom is 0.328 e. The van der Waals surface area contributed by atoms with Gasteiger partial charge in [-0.15, -0.1) is 0 Å². The lowest BCUT2D eigenvalue weighted by molar-refractivity contribution is 0.777. The topological polar surface area (TPSA) is 83.5 Å². The highest BCUT2D eigenvalue weighted by Gasteiger charge is 2.10. The van der Waals surface area contributed by atoms with Crippen LogP contribution in [-0.2, 0) is 6.54 Å². The lowest BCUT2D eigenvalue weighted by Crippen LogP contribution is -2.17. The molecule has 3 rings (SSSR count). The molecule has 0 bridgehead atoms. The molecule has 6 nitrogen and oxygen atoms in total. The van der Waals surface area contributed by atoms with Crippen LogP contribution in [0.25, 0.3) is 11.2 Å². The van der Waals surface area contributed by atoms with Gasteiger partial charge in [-0.3, -0.25) is 14.3 Å². The molecular weight excluding hydrogens is 232 g/mol. The predicted octanol–water partition coefficient (Wildman–Crippen LogP) is 0.461. The van der Waals surface area contributed by atoms with Crippen LogP contribution in [0.4, 0.5) is 0 Å². The van der Waals surface area contributed by atoms with Crippen molar-refractivity contribution < 1.29 is 0 Å². The number of benzene rings is 1. The molecule has 2 N–H and O–H groups in total. The quantitative estimate of drug-likeness (QED) is 0.684. The standard InChI is InChI=1S/C12H10N4O2/c17-11-9-10(13-7-14-11)16(12(18)15-9)6-8-4-2-1-3-5-8/h1-5,7H,6H2,(H,15,18)(H,13,14,17). The number of hydrogen-bond acceptors (Lipinski definition) is 3. The summed E-state index contributed by atoms with van der Waals surface area (Å²) in [4.78, 5) is 32.3. The minimum Gasteiger partial charge on any atom is -0.311 e. The zero-order valence-electron chi connectivity index (χ0n) is 9.38. The van der Waals surface area contributed by atoms with Crippen molar-refractivity contribution in [2.45, 2.75) is 6.54 Å². The van der Waals surface area contributed by atoms with E-state index in [9.17, 15) is 9.59 Å². The third kappa shape index (κ3) is 1.64. The number of aromatic nitrogens is 4. The van der Waals surface area contributed by atoms with Crippen LogP contribution in [0.5, 0.6) is 0 Å². The van der Waals surface area contributed by atoms with Gasteiger partial charge in [0, 0.05) is 0 Å². The fourth-order valence-electron chi connectivity index (χ4n) is 1.89. The first-order valence-electron chi connectivity index (χ1n) is 5.46. The highest BCUT2D eigenvalue weighted by atomic mass is 16.1. The molecule has 0 saturated carbocycles. The van der Waals surface area contributed by atoms with Gasteiger partial charge in [0.2, 0.25) is 0 Å². The average Bonchev–Trinajstić information content (AvgIpc) is 2.70. The second-order valence-electron chi connectivity index (χ2n) is 3.93. The van der Waals surface area contributed by atoms with Gasteiger partial charge in [-0.05, 0) is 5.56 Å². The maximum atomic E-state index is 11.8. The first-order valence-corrected chi connectivity index (χ1v) is 5.46. The number of fused-ring (bicyclic) bond motifs is 1. The number of rotatable bonds is 2. The number of nitrogens with zero attached hydrogens (tertiary/aromatic N) is 2. The second kappa shape index (κ2) is 3.99. The van der Waals surface area contributed by atoms with Gasteiger partial charge in [0.1, 0.15) is 0 Å².